The molecule has 0 radical (unpaired) electrons. The normalized spacial score (nSPS) is 12.5. The quantitative estimate of drug-likeness (QED) is 0.263. The molecule has 5 rings (SSSR count). The monoisotopic (exact) mass is 431 g/mol. The van der Waals surface area contributed by atoms with Crippen molar-refractivity contribution in [1.29, 1.82) is 0 Å². The van der Waals surface area contributed by atoms with E-state index in [1.165, 1.54) is 0 Å². The number of carbonyl (C=O) groups is 2. The predicted octanol–water partition coefficient (Wildman–Crippen LogP) is 6.63. The fourth-order valence-corrected chi connectivity index (χ4v) is 4.12. The molecule has 0 saturated carbocycles. The van der Waals surface area contributed by atoms with Crippen molar-refractivity contribution >= 4 is 34.7 Å². The van der Waals surface area contributed by atoms with Crippen molar-refractivity contribution in [3.05, 3.63) is 125 Å². The molecule has 0 N–H and O–H groups in total. The third-order valence-electron chi connectivity index (χ3n) is 5.71. The molecule has 33 heavy (non-hydrogen) atoms. The zero-order valence-corrected chi connectivity index (χ0v) is 18.1. The molecule has 0 atom stereocenters. The molecule has 1 aliphatic rings. The number of nitrogens with zero attached hydrogens (tertiary/aromatic N) is 1. The Bertz CT molecular complexity index is 1300. The summed E-state index contributed by atoms with van der Waals surface area (Å²) in [6.07, 6.45) is 1.63. The van der Waals surface area contributed by atoms with Crippen LogP contribution in [0.3, 0.4) is 0 Å². The summed E-state index contributed by atoms with van der Waals surface area (Å²) in [4.78, 5) is 27.8. The van der Waals surface area contributed by atoms with Crippen molar-refractivity contribution in [3.63, 3.8) is 0 Å². The van der Waals surface area contributed by atoms with Crippen LogP contribution in [0.15, 0.2) is 109 Å². The molecule has 0 heterocycles. The Morgan fingerprint density at radius 2 is 1.15 bits per heavy atom. The third-order valence-corrected chi connectivity index (χ3v) is 5.71. The number of hydrogen-bond acceptors (Lipinski definition) is 4. The van der Waals surface area contributed by atoms with E-state index in [0.29, 0.717) is 22.4 Å². The minimum Gasteiger partial charge on any atom is -0.496 e. The average Bonchev–Trinajstić information content (AvgIpc) is 3.11. The van der Waals surface area contributed by atoms with Crippen LogP contribution in [0.5, 0.6) is 5.75 Å². The molecule has 0 aliphatic heterocycles. The number of ether oxygens (including phenoxy) is 1. The van der Waals surface area contributed by atoms with E-state index in [1.54, 1.807) is 37.5 Å². The number of allylic oxidation sites excluding steroid dienone is 1. The molecule has 4 aromatic rings. The molecule has 4 aromatic carbocycles. The van der Waals surface area contributed by atoms with Crippen molar-refractivity contribution in [3.8, 4) is 5.75 Å². The predicted molar refractivity (Wildman–Crippen MR) is 131 cm³/mol. The Morgan fingerprint density at radius 3 is 1.67 bits per heavy atom. The summed E-state index contributed by atoms with van der Waals surface area (Å²) in [5, 5.41) is 0. The van der Waals surface area contributed by atoms with E-state index < -0.39 is 0 Å². The lowest BCUT2D eigenvalue weighted by molar-refractivity contribution is 0.0990. The van der Waals surface area contributed by atoms with Crippen LogP contribution >= 0.6 is 0 Å². The van der Waals surface area contributed by atoms with Crippen LogP contribution in [0.1, 0.15) is 26.3 Å². The number of ketones is 2. The van der Waals surface area contributed by atoms with Crippen molar-refractivity contribution in [2.24, 2.45) is 0 Å². The van der Waals surface area contributed by atoms with Crippen molar-refractivity contribution in [2.75, 3.05) is 12.0 Å². The van der Waals surface area contributed by atoms with Crippen LogP contribution in [0, 0.1) is 0 Å². The fraction of sp³-hybridized carbons (Fsp3) is 0.0345. The topological polar surface area (TPSA) is 46.6 Å². The lowest BCUT2D eigenvalue weighted by atomic mass is 10.0. The largest absolute Gasteiger partial charge is 0.496 e. The molecule has 1 aliphatic carbocycles. The van der Waals surface area contributed by atoms with Crippen LogP contribution in [-0.2, 0) is 0 Å². The highest BCUT2D eigenvalue weighted by atomic mass is 16.5. The number of anilines is 3. The van der Waals surface area contributed by atoms with Gasteiger partial charge in [-0.1, -0.05) is 60.7 Å². The SMILES string of the molecule is COc1cc(N(c2ccccc2)c2ccccc2)ccc1C=C1C(=O)c2ccccc2C1=O. The van der Waals surface area contributed by atoms with Crippen LogP contribution in [0.2, 0.25) is 0 Å². The molecular formula is C29H21NO3. The number of carbonyl (C=O) groups excluding carboxylic acids is 2. The van der Waals surface area contributed by atoms with Gasteiger partial charge in [-0.25, -0.2) is 0 Å². The molecule has 4 nitrogen and oxygen atoms in total. The number of benzene rings is 4. The van der Waals surface area contributed by atoms with E-state index >= 15 is 0 Å². The van der Waals surface area contributed by atoms with Gasteiger partial charge in [-0.2, -0.15) is 0 Å². The van der Waals surface area contributed by atoms with E-state index in [0.717, 1.165) is 17.1 Å². The summed E-state index contributed by atoms with van der Waals surface area (Å²) in [6.45, 7) is 0. The van der Waals surface area contributed by atoms with E-state index in [2.05, 4.69) is 4.90 Å². The minimum absolute atomic E-state index is 0.158. The lowest BCUT2D eigenvalue weighted by Gasteiger charge is -2.26. The molecule has 0 aromatic heterocycles. The summed E-state index contributed by atoms with van der Waals surface area (Å²) in [6, 6.07) is 32.8. The summed E-state index contributed by atoms with van der Waals surface area (Å²) in [5.41, 5.74) is 4.64. The maximum Gasteiger partial charge on any atom is 0.197 e. The second-order valence-corrected chi connectivity index (χ2v) is 7.69. The molecule has 0 amide bonds. The summed E-state index contributed by atoms with van der Waals surface area (Å²) >= 11 is 0. The van der Waals surface area contributed by atoms with Gasteiger partial charge < -0.3 is 9.64 Å². The van der Waals surface area contributed by atoms with Crippen LogP contribution in [0.25, 0.3) is 6.08 Å². The van der Waals surface area contributed by atoms with Gasteiger partial charge in [0.15, 0.2) is 11.6 Å². The molecule has 0 saturated heterocycles. The Hall–Kier alpha value is -4.44. The zero-order valence-electron chi connectivity index (χ0n) is 18.1. The van der Waals surface area contributed by atoms with E-state index in [4.69, 9.17) is 4.74 Å². The second-order valence-electron chi connectivity index (χ2n) is 7.69. The standard InChI is InChI=1S/C29H21NO3/c1-33-27-19-23(30(21-10-4-2-5-11-21)22-12-6-3-7-13-22)17-16-20(27)18-26-28(31)24-14-8-9-15-25(24)29(26)32/h2-19H,1H3. The number of hydrogen-bond donors (Lipinski definition) is 0. The lowest BCUT2D eigenvalue weighted by Crippen LogP contribution is -2.10. The zero-order chi connectivity index (χ0) is 22.8. The van der Waals surface area contributed by atoms with Gasteiger partial charge in [0.1, 0.15) is 5.75 Å². The summed E-state index contributed by atoms with van der Waals surface area (Å²) in [7, 11) is 1.59. The van der Waals surface area contributed by atoms with Gasteiger partial charge in [-0.05, 0) is 42.5 Å². The van der Waals surface area contributed by atoms with Gasteiger partial charge in [0.25, 0.3) is 0 Å². The third kappa shape index (κ3) is 3.72. The van der Waals surface area contributed by atoms with E-state index in [-0.39, 0.29) is 17.1 Å². The Balaban J connectivity index is 1.58. The maximum atomic E-state index is 12.8. The number of methoxy groups -OCH3 is 1. The van der Waals surface area contributed by atoms with Crippen LogP contribution in [-0.4, -0.2) is 18.7 Å². The molecular weight excluding hydrogens is 410 g/mol. The molecule has 0 bridgehead atoms. The number of fused-ring (bicyclic) bond motifs is 1. The molecule has 0 spiro atoms. The van der Waals surface area contributed by atoms with Gasteiger partial charge in [0.2, 0.25) is 0 Å². The van der Waals surface area contributed by atoms with Crippen molar-refractivity contribution in [1.82, 2.24) is 0 Å². The number of para-hydroxylation sites is 2. The summed E-state index contributed by atoms with van der Waals surface area (Å²) < 4.78 is 5.67. The molecule has 0 unspecified atom stereocenters. The Morgan fingerprint density at radius 1 is 0.636 bits per heavy atom. The highest BCUT2D eigenvalue weighted by Crippen LogP contribution is 2.38. The second kappa shape index (κ2) is 8.60. The van der Waals surface area contributed by atoms with E-state index in [9.17, 15) is 9.59 Å². The van der Waals surface area contributed by atoms with Gasteiger partial charge in [-0.15, -0.1) is 0 Å². The van der Waals surface area contributed by atoms with Gasteiger partial charge >= 0.3 is 0 Å². The Labute approximate surface area is 192 Å². The first kappa shape index (κ1) is 20.5. The smallest absolute Gasteiger partial charge is 0.197 e. The first-order valence-corrected chi connectivity index (χ1v) is 10.7. The van der Waals surface area contributed by atoms with Crippen molar-refractivity contribution < 1.29 is 14.3 Å². The maximum absolute atomic E-state index is 12.8. The fourth-order valence-electron chi connectivity index (χ4n) is 4.12. The summed E-state index contributed by atoms with van der Waals surface area (Å²) in [5.74, 6) is 0.0715. The first-order valence-electron chi connectivity index (χ1n) is 10.7. The highest BCUT2D eigenvalue weighted by Gasteiger charge is 2.32. The highest BCUT2D eigenvalue weighted by molar-refractivity contribution is 6.41. The molecule has 160 valence electrons. The van der Waals surface area contributed by atoms with Crippen LogP contribution in [0.4, 0.5) is 17.1 Å². The van der Waals surface area contributed by atoms with Crippen molar-refractivity contribution in [2.45, 2.75) is 0 Å². The Kier molecular flexibility index (Phi) is 5.33. The van der Waals surface area contributed by atoms with Crippen LogP contribution < -0.4 is 9.64 Å². The molecule has 4 heteroatoms. The minimum atomic E-state index is -0.253. The van der Waals surface area contributed by atoms with Gasteiger partial charge in [-0.3, -0.25) is 9.59 Å². The van der Waals surface area contributed by atoms with Gasteiger partial charge in [0, 0.05) is 39.8 Å². The first-order chi connectivity index (χ1) is 16.2. The van der Waals surface area contributed by atoms with Gasteiger partial charge in [0.05, 0.1) is 12.7 Å². The van der Waals surface area contributed by atoms with E-state index in [1.807, 2.05) is 78.9 Å². The average molecular weight is 431 g/mol. The molecule has 0 fully saturated rings. The number of rotatable bonds is 5. The number of Topliss-reactive ketones (excluding diaryl/α,β-unsaturated/α-hetero) is 2.